The van der Waals surface area contributed by atoms with Crippen molar-refractivity contribution in [1.29, 1.82) is 0 Å². The summed E-state index contributed by atoms with van der Waals surface area (Å²) in [6, 6.07) is 5.27. The van der Waals surface area contributed by atoms with Crippen LogP contribution < -0.4 is 0 Å². The molecule has 1 aromatic rings. The van der Waals surface area contributed by atoms with Gasteiger partial charge >= 0.3 is 24.0 Å². The molecular formula is C34H48N2O10. The minimum absolute atomic E-state index is 0.0252. The minimum atomic E-state index is -1.60. The number of piperazine rings is 1. The predicted molar refractivity (Wildman–Crippen MR) is 167 cm³/mol. The molecule has 2 saturated heterocycles. The third-order valence-corrected chi connectivity index (χ3v) is 7.07. The molecule has 12 heteroatoms. The average Bonchev–Trinajstić information content (AvgIpc) is 3.30. The summed E-state index contributed by atoms with van der Waals surface area (Å²) >= 11 is 0. The number of carbonyl (C=O) groups excluding carboxylic acids is 5. The van der Waals surface area contributed by atoms with Gasteiger partial charge in [0.15, 0.2) is 6.23 Å². The normalized spacial score (nSPS) is 23.6. The zero-order valence-corrected chi connectivity index (χ0v) is 28.3. The van der Waals surface area contributed by atoms with Crippen molar-refractivity contribution >= 4 is 29.9 Å². The zero-order chi connectivity index (χ0) is 34.6. The number of aliphatic hydroxyl groups excluding tert-OH is 1. The van der Waals surface area contributed by atoms with Gasteiger partial charge in [0.05, 0.1) is 6.04 Å². The van der Waals surface area contributed by atoms with Gasteiger partial charge in [-0.3, -0.25) is 14.5 Å². The van der Waals surface area contributed by atoms with Crippen molar-refractivity contribution in [3.05, 3.63) is 48.0 Å². The fourth-order valence-electron chi connectivity index (χ4n) is 5.47. The molecule has 2 aliphatic heterocycles. The van der Waals surface area contributed by atoms with Gasteiger partial charge in [-0.05, 0) is 80.7 Å². The van der Waals surface area contributed by atoms with Crippen LogP contribution in [-0.4, -0.2) is 86.0 Å². The van der Waals surface area contributed by atoms with Gasteiger partial charge in [0, 0.05) is 18.4 Å². The Labute approximate surface area is 271 Å². The molecule has 0 bridgehead atoms. The summed E-state index contributed by atoms with van der Waals surface area (Å²) < 4.78 is 22.0. The maximum Gasteiger partial charge on any atom is 0.412 e. The van der Waals surface area contributed by atoms with Crippen LogP contribution in [0.1, 0.15) is 87.1 Å². The third kappa shape index (κ3) is 10.0. The molecule has 0 spiro atoms. The van der Waals surface area contributed by atoms with Crippen molar-refractivity contribution in [2.75, 3.05) is 0 Å². The molecule has 46 heavy (non-hydrogen) atoms. The Hall–Kier alpha value is -3.93. The van der Waals surface area contributed by atoms with Crippen LogP contribution in [0, 0.1) is 5.92 Å². The molecule has 0 unspecified atom stereocenters. The molecular weight excluding hydrogens is 596 g/mol. The number of hydrogen-bond acceptors (Lipinski definition) is 10. The molecule has 1 aromatic carbocycles. The average molecular weight is 645 g/mol. The second-order valence-electron chi connectivity index (χ2n) is 14.6. The van der Waals surface area contributed by atoms with Crippen molar-refractivity contribution in [3.63, 3.8) is 0 Å². The zero-order valence-electron chi connectivity index (χ0n) is 28.3. The Morgan fingerprint density at radius 1 is 0.891 bits per heavy atom. The molecule has 2 fully saturated rings. The third-order valence-electron chi connectivity index (χ3n) is 7.07. The highest BCUT2D eigenvalue weighted by Gasteiger charge is 2.58. The van der Waals surface area contributed by atoms with Gasteiger partial charge in [-0.1, -0.05) is 36.4 Å². The van der Waals surface area contributed by atoms with E-state index in [1.807, 2.05) is 6.07 Å². The summed E-state index contributed by atoms with van der Waals surface area (Å²) in [7, 11) is 0. The Kier molecular flexibility index (Phi) is 11.3. The lowest BCUT2D eigenvalue weighted by atomic mass is 9.97. The topological polar surface area (TPSA) is 149 Å². The first-order chi connectivity index (χ1) is 21.2. The van der Waals surface area contributed by atoms with E-state index in [0.29, 0.717) is 5.56 Å². The number of fused-ring (bicyclic) bond motifs is 1. The number of ether oxygens (including phenoxy) is 4. The first-order valence-electron chi connectivity index (χ1n) is 15.5. The molecule has 254 valence electrons. The fraction of sp³-hybridized carbons (Fsp3) is 0.618. The van der Waals surface area contributed by atoms with Crippen LogP contribution in [0.4, 0.5) is 4.79 Å². The second-order valence-corrected chi connectivity index (χ2v) is 14.6. The molecule has 2 amide bonds. The Morgan fingerprint density at radius 2 is 1.48 bits per heavy atom. The highest BCUT2D eigenvalue weighted by Crippen LogP contribution is 2.40. The van der Waals surface area contributed by atoms with Crippen LogP contribution in [0.3, 0.4) is 0 Å². The van der Waals surface area contributed by atoms with Gasteiger partial charge in [0.25, 0.3) is 0 Å². The van der Waals surface area contributed by atoms with Crippen molar-refractivity contribution in [2.24, 2.45) is 5.92 Å². The van der Waals surface area contributed by atoms with Gasteiger partial charge < -0.3 is 29.0 Å². The summed E-state index contributed by atoms with van der Waals surface area (Å²) in [5.41, 5.74) is -1.75. The molecule has 12 nitrogen and oxygen atoms in total. The van der Waals surface area contributed by atoms with Crippen molar-refractivity contribution < 1.29 is 48.0 Å². The van der Waals surface area contributed by atoms with Gasteiger partial charge in [-0.15, -0.1) is 0 Å². The Balaban J connectivity index is 1.99. The molecule has 0 saturated carbocycles. The standard InChI is InChI=1S/C34H48N2O10/c1-32(2,3)44-25(37)17-15-22-19-24-29(40)36(31(42)43-20-21-13-11-10-12-14-21)23(16-18-26(38)45-33(4,5)6)28(39)35(24)27(22)30(41)46-34(7,8)9/h10-15,17,22-24,27,29,40H,16,18-20H2,1-9H3/b17-15+/t22-,23-,24-,27-,29+/m0/s1. The van der Waals surface area contributed by atoms with E-state index < -0.39 is 77.0 Å². The molecule has 0 aliphatic carbocycles. The lowest BCUT2D eigenvalue weighted by molar-refractivity contribution is -0.178. The van der Waals surface area contributed by atoms with Crippen molar-refractivity contribution in [3.8, 4) is 0 Å². The number of esters is 3. The molecule has 0 aromatic heterocycles. The van der Waals surface area contributed by atoms with Crippen LogP contribution in [0.5, 0.6) is 0 Å². The largest absolute Gasteiger partial charge is 0.460 e. The first kappa shape index (κ1) is 36.5. The number of carbonyl (C=O) groups is 5. The SMILES string of the molecule is CC(C)(C)OC(=O)/C=C/[C@H]1C[C@H]2[C@@H](O)N(C(=O)OCc3ccccc3)[C@@H](CCC(=O)OC(C)(C)C)C(=O)N2[C@@H]1C(=O)OC(C)(C)C. The fourth-order valence-corrected chi connectivity index (χ4v) is 5.47. The number of aliphatic hydroxyl groups is 1. The summed E-state index contributed by atoms with van der Waals surface area (Å²) in [5.74, 6) is -3.41. The quantitative estimate of drug-likeness (QED) is 0.247. The number of nitrogens with zero attached hydrogens (tertiary/aromatic N) is 2. The molecule has 2 aliphatic rings. The van der Waals surface area contributed by atoms with E-state index >= 15 is 0 Å². The molecule has 5 atom stereocenters. The summed E-state index contributed by atoms with van der Waals surface area (Å²) in [4.78, 5) is 68.8. The monoisotopic (exact) mass is 644 g/mol. The maximum atomic E-state index is 14.3. The van der Waals surface area contributed by atoms with Gasteiger partial charge in [-0.2, -0.15) is 0 Å². The van der Waals surface area contributed by atoms with E-state index in [1.54, 1.807) is 86.6 Å². The van der Waals surface area contributed by atoms with Crippen molar-refractivity contribution in [1.82, 2.24) is 9.80 Å². The van der Waals surface area contributed by atoms with Crippen LogP contribution in [-0.2, 0) is 44.7 Å². The van der Waals surface area contributed by atoms with E-state index in [0.717, 1.165) is 4.90 Å². The Morgan fingerprint density at radius 3 is 2.04 bits per heavy atom. The summed E-state index contributed by atoms with van der Waals surface area (Å²) in [6.07, 6.45) is -0.329. The second kappa shape index (κ2) is 14.2. The number of hydrogen-bond donors (Lipinski definition) is 1. The highest BCUT2D eigenvalue weighted by molar-refractivity contribution is 5.93. The van der Waals surface area contributed by atoms with E-state index in [2.05, 4.69) is 0 Å². The van der Waals surface area contributed by atoms with E-state index in [-0.39, 0.29) is 25.9 Å². The maximum absolute atomic E-state index is 14.3. The van der Waals surface area contributed by atoms with E-state index in [9.17, 15) is 29.1 Å². The van der Waals surface area contributed by atoms with Crippen LogP contribution in [0.2, 0.25) is 0 Å². The Bertz CT molecular complexity index is 1310. The van der Waals surface area contributed by atoms with E-state index in [4.69, 9.17) is 18.9 Å². The number of rotatable bonds is 8. The van der Waals surface area contributed by atoms with Crippen LogP contribution >= 0.6 is 0 Å². The number of amides is 2. The molecule has 3 rings (SSSR count). The smallest absolute Gasteiger partial charge is 0.412 e. The summed E-state index contributed by atoms with van der Waals surface area (Å²) in [6.45, 7) is 15.2. The lowest BCUT2D eigenvalue weighted by Gasteiger charge is -2.46. The van der Waals surface area contributed by atoms with Crippen LogP contribution in [0.25, 0.3) is 0 Å². The summed E-state index contributed by atoms with van der Waals surface area (Å²) in [5, 5.41) is 11.7. The first-order valence-corrected chi connectivity index (χ1v) is 15.5. The van der Waals surface area contributed by atoms with Gasteiger partial charge in [0.2, 0.25) is 5.91 Å². The van der Waals surface area contributed by atoms with Gasteiger partial charge in [-0.25, -0.2) is 14.4 Å². The highest BCUT2D eigenvalue weighted by atomic mass is 16.6. The lowest BCUT2D eigenvalue weighted by Crippen LogP contribution is -2.68. The predicted octanol–water partition coefficient (Wildman–Crippen LogP) is 4.27. The van der Waals surface area contributed by atoms with Gasteiger partial charge in [0.1, 0.15) is 35.5 Å². The van der Waals surface area contributed by atoms with Crippen molar-refractivity contribution in [2.45, 2.75) is 129 Å². The minimum Gasteiger partial charge on any atom is -0.460 e. The van der Waals surface area contributed by atoms with E-state index in [1.165, 1.54) is 17.1 Å². The van der Waals surface area contributed by atoms with Crippen LogP contribution in [0.15, 0.2) is 42.5 Å². The molecule has 0 radical (unpaired) electrons. The molecule has 2 heterocycles. The number of benzene rings is 1. The molecule has 1 N–H and O–H groups in total.